The first kappa shape index (κ1) is 14.5. The van der Waals surface area contributed by atoms with Crippen LogP contribution in [0.15, 0.2) is 36.5 Å². The smallest absolute Gasteiger partial charge is 0.219 e. The fourth-order valence-corrected chi connectivity index (χ4v) is 1.93. The summed E-state index contributed by atoms with van der Waals surface area (Å²) in [5.41, 5.74) is 1.68. The van der Waals surface area contributed by atoms with Crippen molar-refractivity contribution in [2.24, 2.45) is 0 Å². The van der Waals surface area contributed by atoms with Crippen molar-refractivity contribution >= 4 is 0 Å². The second kappa shape index (κ2) is 6.48. The highest BCUT2D eigenvalue weighted by Gasteiger charge is 2.07. The summed E-state index contributed by atoms with van der Waals surface area (Å²) in [5, 5.41) is 3.33. The molecular weight excluding hydrogens is 255 g/mol. The number of aromatic nitrogens is 1. The molecule has 20 heavy (non-hydrogen) atoms. The summed E-state index contributed by atoms with van der Waals surface area (Å²) in [5.74, 6) is 0.643. The number of hydrogen-bond acceptors (Lipinski definition) is 3. The Balaban J connectivity index is 2.16. The van der Waals surface area contributed by atoms with Crippen LogP contribution in [-0.2, 0) is 0 Å². The summed E-state index contributed by atoms with van der Waals surface area (Å²) in [4.78, 5) is 4.16. The van der Waals surface area contributed by atoms with Crippen molar-refractivity contribution in [2.75, 3.05) is 6.54 Å². The predicted octanol–water partition coefficient (Wildman–Crippen LogP) is 3.99. The minimum absolute atomic E-state index is 0.222. The minimum atomic E-state index is -0.278. The average Bonchev–Trinajstić information content (AvgIpc) is 2.43. The van der Waals surface area contributed by atoms with Gasteiger partial charge in [0, 0.05) is 24.4 Å². The lowest BCUT2D eigenvalue weighted by molar-refractivity contribution is 0.455. The molecule has 2 rings (SSSR count). The maximum Gasteiger partial charge on any atom is 0.219 e. The monoisotopic (exact) mass is 274 g/mol. The second-order valence-electron chi connectivity index (χ2n) is 4.72. The Hall–Kier alpha value is -1.94. The van der Waals surface area contributed by atoms with Gasteiger partial charge in [0.15, 0.2) is 0 Å². The average molecular weight is 274 g/mol. The van der Waals surface area contributed by atoms with Gasteiger partial charge in [-0.2, -0.15) is 0 Å². The number of nitrogens with one attached hydrogen (secondary N) is 1. The molecule has 1 aromatic carbocycles. The van der Waals surface area contributed by atoms with Gasteiger partial charge in [-0.3, -0.25) is 0 Å². The molecular formula is C16H19FN2O. The molecule has 2 aromatic rings. The van der Waals surface area contributed by atoms with Crippen LogP contribution in [0.5, 0.6) is 11.6 Å². The van der Waals surface area contributed by atoms with Crippen LogP contribution in [0.3, 0.4) is 0 Å². The number of hydrogen-bond donors (Lipinski definition) is 1. The predicted molar refractivity (Wildman–Crippen MR) is 77.5 cm³/mol. The highest BCUT2D eigenvalue weighted by Crippen LogP contribution is 2.24. The van der Waals surface area contributed by atoms with Gasteiger partial charge in [0.25, 0.3) is 0 Å². The molecule has 1 N–H and O–H groups in total. The van der Waals surface area contributed by atoms with Gasteiger partial charge in [-0.05, 0) is 43.7 Å². The Morgan fingerprint density at radius 3 is 2.80 bits per heavy atom. The SMILES string of the molecule is CCNC(C)c1ccnc(Oc2ccc(C)c(F)c2)c1. The van der Waals surface area contributed by atoms with E-state index in [0.29, 0.717) is 17.2 Å². The van der Waals surface area contributed by atoms with Crippen molar-refractivity contribution in [3.8, 4) is 11.6 Å². The van der Waals surface area contributed by atoms with Crippen LogP contribution in [0.1, 0.15) is 31.0 Å². The minimum Gasteiger partial charge on any atom is -0.439 e. The number of pyridine rings is 1. The summed E-state index contributed by atoms with van der Waals surface area (Å²) < 4.78 is 19.1. The number of ether oxygens (including phenoxy) is 1. The van der Waals surface area contributed by atoms with Gasteiger partial charge in [0.2, 0.25) is 5.88 Å². The van der Waals surface area contributed by atoms with E-state index in [1.807, 2.05) is 12.1 Å². The van der Waals surface area contributed by atoms with Crippen molar-refractivity contribution in [1.29, 1.82) is 0 Å². The molecule has 0 spiro atoms. The number of aryl methyl sites for hydroxylation is 1. The van der Waals surface area contributed by atoms with E-state index in [9.17, 15) is 4.39 Å². The van der Waals surface area contributed by atoms with Gasteiger partial charge < -0.3 is 10.1 Å². The Labute approximate surface area is 118 Å². The molecule has 4 heteroatoms. The van der Waals surface area contributed by atoms with Crippen LogP contribution in [0.4, 0.5) is 4.39 Å². The molecule has 0 aliphatic heterocycles. The van der Waals surface area contributed by atoms with Crippen molar-refractivity contribution in [1.82, 2.24) is 10.3 Å². The third-order valence-electron chi connectivity index (χ3n) is 3.13. The normalized spacial score (nSPS) is 12.2. The largest absolute Gasteiger partial charge is 0.439 e. The molecule has 0 bridgehead atoms. The number of benzene rings is 1. The zero-order valence-electron chi connectivity index (χ0n) is 12.0. The first-order valence-electron chi connectivity index (χ1n) is 6.73. The van der Waals surface area contributed by atoms with Gasteiger partial charge in [0.05, 0.1) is 0 Å². The first-order chi connectivity index (χ1) is 9.60. The van der Waals surface area contributed by atoms with Gasteiger partial charge in [0.1, 0.15) is 11.6 Å². The summed E-state index contributed by atoms with van der Waals surface area (Å²) in [6.45, 7) is 6.75. The van der Waals surface area contributed by atoms with Crippen molar-refractivity contribution < 1.29 is 9.13 Å². The van der Waals surface area contributed by atoms with E-state index in [-0.39, 0.29) is 11.9 Å². The molecule has 0 saturated heterocycles. The highest BCUT2D eigenvalue weighted by atomic mass is 19.1. The van der Waals surface area contributed by atoms with Crippen LogP contribution in [0, 0.1) is 12.7 Å². The fourth-order valence-electron chi connectivity index (χ4n) is 1.93. The molecule has 0 aliphatic carbocycles. The van der Waals surface area contributed by atoms with Crippen molar-refractivity contribution in [3.63, 3.8) is 0 Å². The summed E-state index contributed by atoms with van der Waals surface area (Å²) in [7, 11) is 0. The van der Waals surface area contributed by atoms with Crippen molar-refractivity contribution in [3.05, 3.63) is 53.5 Å². The van der Waals surface area contributed by atoms with Gasteiger partial charge in [-0.25, -0.2) is 9.37 Å². The maximum atomic E-state index is 13.5. The molecule has 0 amide bonds. The quantitative estimate of drug-likeness (QED) is 0.895. The molecule has 0 fully saturated rings. The molecule has 0 radical (unpaired) electrons. The van der Waals surface area contributed by atoms with E-state index in [1.54, 1.807) is 25.3 Å². The molecule has 106 valence electrons. The lowest BCUT2D eigenvalue weighted by Crippen LogP contribution is -2.17. The summed E-state index contributed by atoms with van der Waals surface area (Å²) in [6.07, 6.45) is 1.70. The van der Waals surface area contributed by atoms with Crippen LogP contribution in [-0.4, -0.2) is 11.5 Å². The summed E-state index contributed by atoms with van der Waals surface area (Å²) in [6, 6.07) is 8.83. The molecule has 3 nitrogen and oxygen atoms in total. The zero-order valence-corrected chi connectivity index (χ0v) is 12.0. The Morgan fingerprint density at radius 1 is 1.30 bits per heavy atom. The number of rotatable bonds is 5. The number of nitrogens with zero attached hydrogens (tertiary/aromatic N) is 1. The van der Waals surface area contributed by atoms with E-state index in [4.69, 9.17) is 4.74 Å². The topological polar surface area (TPSA) is 34.2 Å². The van der Waals surface area contributed by atoms with Crippen LogP contribution >= 0.6 is 0 Å². The standard InChI is InChI=1S/C16H19FN2O/c1-4-18-12(3)13-7-8-19-16(9-13)20-14-6-5-11(2)15(17)10-14/h5-10,12,18H,4H2,1-3H3. The molecule has 0 aliphatic rings. The third-order valence-corrected chi connectivity index (χ3v) is 3.13. The van der Waals surface area contributed by atoms with E-state index in [1.165, 1.54) is 6.07 Å². The molecule has 1 aromatic heterocycles. The van der Waals surface area contributed by atoms with Crippen LogP contribution in [0.25, 0.3) is 0 Å². The maximum absolute atomic E-state index is 13.5. The van der Waals surface area contributed by atoms with E-state index in [0.717, 1.165) is 12.1 Å². The van der Waals surface area contributed by atoms with Gasteiger partial charge >= 0.3 is 0 Å². The van der Waals surface area contributed by atoms with E-state index in [2.05, 4.69) is 24.1 Å². The molecule has 1 heterocycles. The second-order valence-corrected chi connectivity index (χ2v) is 4.72. The molecule has 0 saturated carbocycles. The first-order valence-corrected chi connectivity index (χ1v) is 6.73. The van der Waals surface area contributed by atoms with Crippen LogP contribution < -0.4 is 10.1 Å². The Bertz CT molecular complexity index is 586. The van der Waals surface area contributed by atoms with Gasteiger partial charge in [-0.15, -0.1) is 0 Å². The third kappa shape index (κ3) is 3.54. The summed E-state index contributed by atoms with van der Waals surface area (Å²) >= 11 is 0. The fraction of sp³-hybridized carbons (Fsp3) is 0.312. The lowest BCUT2D eigenvalue weighted by Gasteiger charge is -2.13. The highest BCUT2D eigenvalue weighted by molar-refractivity contribution is 5.32. The lowest BCUT2D eigenvalue weighted by atomic mass is 10.1. The Morgan fingerprint density at radius 2 is 2.10 bits per heavy atom. The van der Waals surface area contributed by atoms with Gasteiger partial charge in [-0.1, -0.05) is 13.0 Å². The van der Waals surface area contributed by atoms with E-state index >= 15 is 0 Å². The molecule has 1 atom stereocenters. The molecule has 1 unspecified atom stereocenters. The number of halogens is 1. The zero-order chi connectivity index (χ0) is 14.5. The Kier molecular flexibility index (Phi) is 4.69. The van der Waals surface area contributed by atoms with E-state index < -0.39 is 0 Å². The van der Waals surface area contributed by atoms with Crippen LogP contribution in [0.2, 0.25) is 0 Å². The van der Waals surface area contributed by atoms with Crippen molar-refractivity contribution in [2.45, 2.75) is 26.8 Å².